The van der Waals surface area contributed by atoms with Gasteiger partial charge in [-0.05, 0) is 43.0 Å². The van der Waals surface area contributed by atoms with Gasteiger partial charge in [-0.2, -0.15) is 0 Å². The summed E-state index contributed by atoms with van der Waals surface area (Å²) in [6, 6.07) is 8.95. The molecule has 0 aromatic heterocycles. The molecule has 1 heterocycles. The predicted molar refractivity (Wildman–Crippen MR) is 82.0 cm³/mol. The fourth-order valence-corrected chi connectivity index (χ4v) is 3.64. The first-order valence-electron chi connectivity index (χ1n) is 7.57. The molecule has 3 rings (SSSR count). The number of halogens is 1. The lowest BCUT2D eigenvalue weighted by Crippen LogP contribution is -2.54. The van der Waals surface area contributed by atoms with Crippen molar-refractivity contribution in [3.05, 3.63) is 29.3 Å². The van der Waals surface area contributed by atoms with E-state index in [0.717, 1.165) is 30.6 Å². The Balaban J connectivity index is 1.65. The van der Waals surface area contributed by atoms with Crippen LogP contribution in [0.5, 0.6) is 0 Å². The Hall–Kier alpha value is -0.730. The second-order valence-corrected chi connectivity index (χ2v) is 6.32. The number of nitrogens with one attached hydrogen (secondary N) is 1. The van der Waals surface area contributed by atoms with Crippen LogP contribution in [-0.2, 0) is 0 Å². The maximum atomic E-state index is 5.97. The highest BCUT2D eigenvalue weighted by Gasteiger charge is 2.27. The molecule has 0 radical (unpaired) electrons. The van der Waals surface area contributed by atoms with E-state index in [1.54, 1.807) is 0 Å². The number of nitrogens with zero attached hydrogens (tertiary/aromatic N) is 1. The van der Waals surface area contributed by atoms with Gasteiger partial charge in [0.05, 0.1) is 0 Å². The quantitative estimate of drug-likeness (QED) is 0.887. The first-order valence-corrected chi connectivity index (χ1v) is 7.94. The standard InChI is InChI=1S/C16H23ClN2/c17-14-6-8-15(9-7-14)19-11-10-18-16(12-19)13-4-2-1-3-5-13/h6-9,13,16,18H,1-5,10-12H2. The van der Waals surface area contributed by atoms with E-state index < -0.39 is 0 Å². The van der Waals surface area contributed by atoms with Crippen molar-refractivity contribution in [3.8, 4) is 0 Å². The predicted octanol–water partition coefficient (Wildman–Crippen LogP) is 3.70. The van der Waals surface area contributed by atoms with E-state index in [1.165, 1.54) is 37.8 Å². The molecule has 0 bridgehead atoms. The van der Waals surface area contributed by atoms with E-state index >= 15 is 0 Å². The fourth-order valence-electron chi connectivity index (χ4n) is 3.52. The molecule has 0 amide bonds. The molecule has 1 aromatic rings. The molecule has 2 fully saturated rings. The van der Waals surface area contributed by atoms with Crippen molar-refractivity contribution in [2.45, 2.75) is 38.1 Å². The van der Waals surface area contributed by atoms with Crippen LogP contribution in [0.3, 0.4) is 0 Å². The summed E-state index contributed by atoms with van der Waals surface area (Å²) in [5.74, 6) is 0.879. The van der Waals surface area contributed by atoms with Crippen LogP contribution < -0.4 is 10.2 Å². The van der Waals surface area contributed by atoms with Gasteiger partial charge in [0, 0.05) is 36.4 Å². The van der Waals surface area contributed by atoms with Crippen molar-refractivity contribution in [1.82, 2.24) is 5.32 Å². The molecule has 1 saturated heterocycles. The SMILES string of the molecule is Clc1ccc(N2CCNC(C3CCCCC3)C2)cc1. The Bertz CT molecular complexity index is 398. The molecular formula is C16H23ClN2. The zero-order valence-corrected chi connectivity index (χ0v) is 12.2. The van der Waals surface area contributed by atoms with Gasteiger partial charge in [0.15, 0.2) is 0 Å². The first-order chi connectivity index (χ1) is 9.33. The highest BCUT2D eigenvalue weighted by atomic mass is 35.5. The molecule has 1 aliphatic heterocycles. The minimum atomic E-state index is 0.671. The molecule has 2 aliphatic rings. The summed E-state index contributed by atoms with van der Waals surface area (Å²) in [5.41, 5.74) is 1.31. The Kier molecular flexibility index (Phi) is 4.29. The third kappa shape index (κ3) is 3.24. The molecule has 1 N–H and O–H groups in total. The maximum absolute atomic E-state index is 5.97. The Morgan fingerprint density at radius 2 is 1.79 bits per heavy atom. The van der Waals surface area contributed by atoms with Crippen molar-refractivity contribution in [1.29, 1.82) is 0 Å². The summed E-state index contributed by atoms with van der Waals surface area (Å²) >= 11 is 5.97. The number of rotatable bonds is 2. The second kappa shape index (κ2) is 6.15. The molecular weight excluding hydrogens is 256 g/mol. The average molecular weight is 279 g/mol. The normalized spacial score (nSPS) is 25.5. The molecule has 2 nitrogen and oxygen atoms in total. The summed E-state index contributed by atoms with van der Waals surface area (Å²) < 4.78 is 0. The summed E-state index contributed by atoms with van der Waals surface area (Å²) in [4.78, 5) is 2.51. The van der Waals surface area contributed by atoms with E-state index in [9.17, 15) is 0 Å². The molecule has 1 unspecified atom stereocenters. The lowest BCUT2D eigenvalue weighted by atomic mass is 9.83. The minimum absolute atomic E-state index is 0.671. The number of anilines is 1. The summed E-state index contributed by atoms with van der Waals surface area (Å²) in [5, 5.41) is 4.55. The van der Waals surface area contributed by atoms with Gasteiger partial charge in [0.2, 0.25) is 0 Å². The molecule has 3 heteroatoms. The zero-order valence-electron chi connectivity index (χ0n) is 11.4. The molecule has 19 heavy (non-hydrogen) atoms. The third-order valence-corrected chi connectivity index (χ3v) is 4.87. The van der Waals surface area contributed by atoms with Crippen LogP contribution in [0.25, 0.3) is 0 Å². The van der Waals surface area contributed by atoms with Crippen molar-refractivity contribution >= 4 is 17.3 Å². The van der Waals surface area contributed by atoms with E-state index in [4.69, 9.17) is 11.6 Å². The van der Waals surface area contributed by atoms with E-state index in [0.29, 0.717) is 6.04 Å². The van der Waals surface area contributed by atoms with E-state index in [-0.39, 0.29) is 0 Å². The topological polar surface area (TPSA) is 15.3 Å². The van der Waals surface area contributed by atoms with Crippen LogP contribution >= 0.6 is 11.6 Å². The molecule has 1 atom stereocenters. The lowest BCUT2D eigenvalue weighted by Gasteiger charge is -2.40. The Morgan fingerprint density at radius 3 is 2.53 bits per heavy atom. The molecule has 1 aliphatic carbocycles. The van der Waals surface area contributed by atoms with Crippen LogP contribution in [-0.4, -0.2) is 25.7 Å². The molecule has 1 saturated carbocycles. The number of benzene rings is 1. The van der Waals surface area contributed by atoms with Crippen LogP contribution in [0.4, 0.5) is 5.69 Å². The molecule has 0 spiro atoms. The van der Waals surface area contributed by atoms with E-state index in [2.05, 4.69) is 22.3 Å². The summed E-state index contributed by atoms with van der Waals surface area (Å²) in [7, 11) is 0. The van der Waals surface area contributed by atoms with Crippen LogP contribution in [0, 0.1) is 5.92 Å². The van der Waals surface area contributed by atoms with Gasteiger partial charge in [0.25, 0.3) is 0 Å². The second-order valence-electron chi connectivity index (χ2n) is 5.88. The highest BCUT2D eigenvalue weighted by molar-refractivity contribution is 6.30. The van der Waals surface area contributed by atoms with Gasteiger partial charge in [-0.15, -0.1) is 0 Å². The average Bonchev–Trinajstić information content (AvgIpc) is 2.49. The van der Waals surface area contributed by atoms with Crippen molar-refractivity contribution in [3.63, 3.8) is 0 Å². The van der Waals surface area contributed by atoms with Crippen molar-refractivity contribution in [2.75, 3.05) is 24.5 Å². The van der Waals surface area contributed by atoms with Gasteiger partial charge < -0.3 is 10.2 Å². The molecule has 1 aromatic carbocycles. The number of piperazine rings is 1. The lowest BCUT2D eigenvalue weighted by molar-refractivity contribution is 0.257. The van der Waals surface area contributed by atoms with Gasteiger partial charge in [-0.25, -0.2) is 0 Å². The third-order valence-electron chi connectivity index (χ3n) is 4.62. The number of hydrogen-bond acceptors (Lipinski definition) is 2. The van der Waals surface area contributed by atoms with Gasteiger partial charge in [-0.1, -0.05) is 30.9 Å². The summed E-state index contributed by atoms with van der Waals surface area (Å²) in [6.07, 6.45) is 7.09. The van der Waals surface area contributed by atoms with Crippen molar-refractivity contribution < 1.29 is 0 Å². The fraction of sp³-hybridized carbons (Fsp3) is 0.625. The van der Waals surface area contributed by atoms with Crippen LogP contribution in [0.1, 0.15) is 32.1 Å². The number of hydrogen-bond donors (Lipinski definition) is 1. The smallest absolute Gasteiger partial charge is 0.0407 e. The van der Waals surface area contributed by atoms with Gasteiger partial charge in [-0.3, -0.25) is 0 Å². The first kappa shape index (κ1) is 13.3. The van der Waals surface area contributed by atoms with Crippen LogP contribution in [0.15, 0.2) is 24.3 Å². The van der Waals surface area contributed by atoms with Gasteiger partial charge >= 0.3 is 0 Å². The maximum Gasteiger partial charge on any atom is 0.0407 e. The van der Waals surface area contributed by atoms with Crippen molar-refractivity contribution in [2.24, 2.45) is 5.92 Å². The highest BCUT2D eigenvalue weighted by Crippen LogP contribution is 2.29. The zero-order chi connectivity index (χ0) is 13.1. The van der Waals surface area contributed by atoms with Gasteiger partial charge in [0.1, 0.15) is 0 Å². The summed E-state index contributed by atoms with van der Waals surface area (Å²) in [6.45, 7) is 3.35. The van der Waals surface area contributed by atoms with Crippen LogP contribution in [0.2, 0.25) is 5.02 Å². The monoisotopic (exact) mass is 278 g/mol. The largest absolute Gasteiger partial charge is 0.369 e. The molecule has 104 valence electrons. The Labute approximate surface area is 121 Å². The van der Waals surface area contributed by atoms with E-state index in [1.807, 2.05) is 12.1 Å². The minimum Gasteiger partial charge on any atom is -0.369 e. The Morgan fingerprint density at radius 1 is 1.05 bits per heavy atom.